The van der Waals surface area contributed by atoms with Crippen LogP contribution in [-0.2, 0) is 0 Å². The van der Waals surface area contributed by atoms with Gasteiger partial charge >= 0.3 is 0 Å². The van der Waals surface area contributed by atoms with Gasteiger partial charge in [-0.25, -0.2) is 0 Å². The summed E-state index contributed by atoms with van der Waals surface area (Å²) in [6.07, 6.45) is 3.45. The first-order valence-corrected chi connectivity index (χ1v) is 2.92. The van der Waals surface area contributed by atoms with Crippen molar-refractivity contribution in [1.82, 2.24) is 0 Å². The molecule has 0 aromatic heterocycles. The number of allylic oxidation sites excluding steroid dienone is 3. The topological polar surface area (TPSA) is 47.6 Å². The monoisotopic (exact) mass is 146 g/mol. The van der Waals surface area contributed by atoms with Crippen LogP contribution in [0.2, 0.25) is 0 Å². The van der Waals surface area contributed by atoms with Crippen LogP contribution in [0.5, 0.6) is 0 Å². The van der Waals surface area contributed by atoms with Crippen molar-refractivity contribution in [3.63, 3.8) is 0 Å². The van der Waals surface area contributed by atoms with Gasteiger partial charge in [-0.05, 0) is 6.42 Å². The Bertz CT molecular complexity index is 213. The molecule has 0 heterocycles. The van der Waals surface area contributed by atoms with Crippen molar-refractivity contribution < 1.29 is 0 Å². The van der Waals surface area contributed by atoms with Crippen LogP contribution in [0.25, 0.3) is 0 Å². The highest BCUT2D eigenvalue weighted by atomic mass is 14.2. The molecule has 0 atom stereocenters. The molecule has 0 aliphatic heterocycles. The molecule has 0 aliphatic carbocycles. The Morgan fingerprint density at radius 3 is 1.91 bits per heavy atom. The van der Waals surface area contributed by atoms with Gasteiger partial charge in [0.25, 0.3) is 0 Å². The van der Waals surface area contributed by atoms with E-state index in [-0.39, 0.29) is 0 Å². The van der Waals surface area contributed by atoms with Crippen molar-refractivity contribution in [2.45, 2.75) is 6.42 Å². The van der Waals surface area contributed by atoms with E-state index < -0.39 is 0 Å². The molecule has 0 saturated carbocycles. The van der Waals surface area contributed by atoms with Crippen LogP contribution < -0.4 is 0 Å². The average Bonchev–Trinajstić information content (AvgIpc) is 2.05. The van der Waals surface area contributed by atoms with Crippen LogP contribution >= 0.6 is 0 Å². The Kier molecular flexibility index (Phi) is 12.0. The van der Waals surface area contributed by atoms with E-state index in [2.05, 4.69) is 19.7 Å². The second kappa shape index (κ2) is 11.1. The van der Waals surface area contributed by atoms with Crippen molar-refractivity contribution in [1.29, 1.82) is 10.5 Å². The molecule has 0 saturated heterocycles. The third-order valence-electron chi connectivity index (χ3n) is 0.640. The standard InChI is InChI=1S/C6H7N.C3H3N/c1-3-4-6(2)5-7;1-2-3-4/h3H,1-2,4H2;2H,1H2. The molecule has 0 rings (SSSR count). The minimum absolute atomic E-state index is 0.565. The van der Waals surface area contributed by atoms with Crippen LogP contribution in [0, 0.1) is 22.7 Å². The highest BCUT2D eigenvalue weighted by Gasteiger charge is 1.80. The Hall–Kier alpha value is -1.80. The quantitative estimate of drug-likeness (QED) is 0.443. The third-order valence-corrected chi connectivity index (χ3v) is 0.640. The van der Waals surface area contributed by atoms with Gasteiger partial charge in [-0.15, -0.1) is 6.58 Å². The van der Waals surface area contributed by atoms with Crippen LogP contribution in [0.15, 0.2) is 37.5 Å². The molecule has 56 valence electrons. The summed E-state index contributed by atoms with van der Waals surface area (Å²) in [6.45, 7) is 9.99. The molecule has 0 unspecified atom stereocenters. The van der Waals surface area contributed by atoms with Gasteiger partial charge in [0, 0.05) is 11.6 Å². The van der Waals surface area contributed by atoms with Crippen LogP contribution in [0.3, 0.4) is 0 Å². The molecule has 0 amide bonds. The first kappa shape index (κ1) is 11.9. The summed E-state index contributed by atoms with van der Waals surface area (Å²) in [4.78, 5) is 0. The van der Waals surface area contributed by atoms with Gasteiger partial charge in [0.1, 0.15) is 0 Å². The number of nitriles is 2. The van der Waals surface area contributed by atoms with E-state index in [0.717, 1.165) is 0 Å². The van der Waals surface area contributed by atoms with E-state index in [1.165, 1.54) is 6.08 Å². The zero-order chi connectivity index (χ0) is 9.11. The van der Waals surface area contributed by atoms with E-state index in [1.54, 1.807) is 12.1 Å². The lowest BCUT2D eigenvalue weighted by Gasteiger charge is -1.79. The lowest BCUT2D eigenvalue weighted by Crippen LogP contribution is -1.66. The predicted octanol–water partition coefficient (Wildman–Crippen LogP) is 2.34. The number of rotatable bonds is 2. The zero-order valence-corrected chi connectivity index (χ0v) is 6.38. The SMILES string of the molecule is C=CC#N.C=CCC(=C)C#N. The smallest absolute Gasteiger partial charge is 0.0944 e. The molecule has 0 radical (unpaired) electrons. The van der Waals surface area contributed by atoms with Crippen molar-refractivity contribution in [3.8, 4) is 12.1 Å². The minimum Gasteiger partial charge on any atom is -0.193 e. The van der Waals surface area contributed by atoms with Crippen LogP contribution in [-0.4, -0.2) is 0 Å². The molecule has 2 nitrogen and oxygen atoms in total. The molecule has 11 heavy (non-hydrogen) atoms. The van der Waals surface area contributed by atoms with Crippen molar-refractivity contribution in [3.05, 3.63) is 37.5 Å². The van der Waals surface area contributed by atoms with Gasteiger partial charge in [-0.1, -0.05) is 19.2 Å². The number of nitrogens with zero attached hydrogens (tertiary/aromatic N) is 2. The number of hydrogen-bond acceptors (Lipinski definition) is 2. The van der Waals surface area contributed by atoms with E-state index >= 15 is 0 Å². The summed E-state index contributed by atoms with van der Waals surface area (Å²) >= 11 is 0. The molecule has 0 spiro atoms. The zero-order valence-electron chi connectivity index (χ0n) is 6.38. The maximum absolute atomic E-state index is 8.07. The van der Waals surface area contributed by atoms with Crippen molar-refractivity contribution >= 4 is 0 Å². The summed E-state index contributed by atoms with van der Waals surface area (Å²) < 4.78 is 0. The largest absolute Gasteiger partial charge is 0.193 e. The predicted molar refractivity (Wildman–Crippen MR) is 45.4 cm³/mol. The van der Waals surface area contributed by atoms with Crippen molar-refractivity contribution in [2.75, 3.05) is 0 Å². The highest BCUT2D eigenvalue weighted by molar-refractivity contribution is 5.18. The Morgan fingerprint density at radius 2 is 1.82 bits per heavy atom. The highest BCUT2D eigenvalue weighted by Crippen LogP contribution is 1.92. The van der Waals surface area contributed by atoms with E-state index in [0.29, 0.717) is 12.0 Å². The van der Waals surface area contributed by atoms with Gasteiger partial charge in [0.2, 0.25) is 0 Å². The van der Waals surface area contributed by atoms with Gasteiger partial charge in [-0.3, -0.25) is 0 Å². The maximum atomic E-state index is 8.07. The lowest BCUT2D eigenvalue weighted by atomic mass is 10.2. The minimum atomic E-state index is 0.565. The molecule has 0 fully saturated rings. The first-order chi connectivity index (χ1) is 5.22. The molecule has 0 aliphatic rings. The summed E-state index contributed by atoms with van der Waals surface area (Å²) in [7, 11) is 0. The van der Waals surface area contributed by atoms with Crippen LogP contribution in [0.1, 0.15) is 6.42 Å². The van der Waals surface area contributed by atoms with E-state index in [9.17, 15) is 0 Å². The average molecular weight is 146 g/mol. The van der Waals surface area contributed by atoms with Gasteiger partial charge in [0.15, 0.2) is 0 Å². The molecular formula is C9H10N2. The fourth-order valence-corrected chi connectivity index (χ4v) is 0.220. The first-order valence-electron chi connectivity index (χ1n) is 2.92. The van der Waals surface area contributed by atoms with E-state index in [1.807, 2.05) is 6.07 Å². The summed E-state index contributed by atoms with van der Waals surface area (Å²) in [5.74, 6) is 0. The fourth-order valence-electron chi connectivity index (χ4n) is 0.220. The normalized spacial score (nSPS) is 5.64. The Balaban J connectivity index is 0. The Morgan fingerprint density at radius 1 is 1.36 bits per heavy atom. The lowest BCUT2D eigenvalue weighted by molar-refractivity contribution is 1.30. The third kappa shape index (κ3) is 17.9. The van der Waals surface area contributed by atoms with Gasteiger partial charge in [0.05, 0.1) is 12.1 Å². The summed E-state index contributed by atoms with van der Waals surface area (Å²) in [5, 5.41) is 15.6. The maximum Gasteiger partial charge on any atom is 0.0944 e. The molecular weight excluding hydrogens is 136 g/mol. The number of hydrogen-bond donors (Lipinski definition) is 0. The van der Waals surface area contributed by atoms with E-state index in [4.69, 9.17) is 10.5 Å². The molecule has 0 aromatic carbocycles. The fraction of sp³-hybridized carbons (Fsp3) is 0.111. The molecule has 0 N–H and O–H groups in total. The Labute approximate surface area is 67.4 Å². The second-order valence-electron chi connectivity index (χ2n) is 1.54. The summed E-state index contributed by atoms with van der Waals surface area (Å²) in [6, 6.07) is 3.59. The summed E-state index contributed by atoms with van der Waals surface area (Å²) in [5.41, 5.74) is 0.565. The van der Waals surface area contributed by atoms with Crippen LogP contribution in [0.4, 0.5) is 0 Å². The molecule has 2 heteroatoms. The molecule has 0 bridgehead atoms. The van der Waals surface area contributed by atoms with Gasteiger partial charge < -0.3 is 0 Å². The van der Waals surface area contributed by atoms with Crippen molar-refractivity contribution in [2.24, 2.45) is 0 Å². The molecule has 0 aromatic rings. The van der Waals surface area contributed by atoms with Gasteiger partial charge in [-0.2, -0.15) is 10.5 Å². The second-order valence-corrected chi connectivity index (χ2v) is 1.54.